The van der Waals surface area contributed by atoms with Gasteiger partial charge in [0.1, 0.15) is 0 Å². The van der Waals surface area contributed by atoms with Crippen molar-refractivity contribution in [3.63, 3.8) is 0 Å². The molecule has 3 nitrogen and oxygen atoms in total. The predicted molar refractivity (Wildman–Crippen MR) is 93.9 cm³/mol. The molecule has 0 aliphatic heterocycles. The summed E-state index contributed by atoms with van der Waals surface area (Å²) in [6.07, 6.45) is 8.18. The monoisotopic (exact) mass is 297 g/mol. The molecule has 0 saturated heterocycles. The molecule has 21 heavy (non-hydrogen) atoms. The van der Waals surface area contributed by atoms with Crippen molar-refractivity contribution in [2.75, 3.05) is 53.9 Å². The molecular weight excluding hydrogens is 258 g/mol. The highest BCUT2D eigenvalue weighted by molar-refractivity contribution is 4.89. The highest BCUT2D eigenvalue weighted by Crippen LogP contribution is 2.39. The van der Waals surface area contributed by atoms with E-state index >= 15 is 0 Å². The molecule has 1 aliphatic rings. The molecular formula is C18H39N3. The maximum Gasteiger partial charge on any atom is 0.00472 e. The normalized spacial score (nSPS) is 26.7. The standard InChI is InChI=1S/C18H39N3/c1-6-11-19-15-18(10-7-9-17(2)14-18)16-21(5)13-8-12-20(3)4/h17,19H,6-16H2,1-5H3. The van der Waals surface area contributed by atoms with Crippen molar-refractivity contribution >= 4 is 0 Å². The number of hydrogen-bond donors (Lipinski definition) is 1. The lowest BCUT2D eigenvalue weighted by molar-refractivity contribution is 0.0906. The van der Waals surface area contributed by atoms with Crippen molar-refractivity contribution in [1.29, 1.82) is 0 Å². The van der Waals surface area contributed by atoms with Gasteiger partial charge in [-0.15, -0.1) is 0 Å². The molecule has 0 aromatic rings. The summed E-state index contributed by atoms with van der Waals surface area (Å²) in [7, 11) is 6.65. The van der Waals surface area contributed by atoms with E-state index in [4.69, 9.17) is 0 Å². The van der Waals surface area contributed by atoms with Gasteiger partial charge in [0.05, 0.1) is 0 Å². The maximum absolute atomic E-state index is 3.71. The summed E-state index contributed by atoms with van der Waals surface area (Å²) in [6.45, 7) is 10.8. The Hall–Kier alpha value is -0.120. The van der Waals surface area contributed by atoms with Crippen LogP contribution < -0.4 is 5.32 Å². The van der Waals surface area contributed by atoms with Gasteiger partial charge in [-0.25, -0.2) is 0 Å². The first kappa shape index (κ1) is 18.9. The summed E-state index contributed by atoms with van der Waals surface area (Å²) in [5.41, 5.74) is 0.514. The van der Waals surface area contributed by atoms with Crippen molar-refractivity contribution in [2.24, 2.45) is 11.3 Å². The molecule has 1 saturated carbocycles. The van der Waals surface area contributed by atoms with E-state index in [1.807, 2.05) is 0 Å². The average Bonchev–Trinajstić information content (AvgIpc) is 2.38. The zero-order valence-corrected chi connectivity index (χ0v) is 15.2. The summed E-state index contributed by atoms with van der Waals surface area (Å²) in [4.78, 5) is 4.87. The fraction of sp³-hybridized carbons (Fsp3) is 1.00. The van der Waals surface area contributed by atoms with Crippen LogP contribution >= 0.6 is 0 Å². The van der Waals surface area contributed by atoms with E-state index in [9.17, 15) is 0 Å². The van der Waals surface area contributed by atoms with Gasteiger partial charge in [-0.05, 0) is 77.8 Å². The van der Waals surface area contributed by atoms with Gasteiger partial charge in [-0.1, -0.05) is 26.7 Å². The molecule has 2 unspecified atom stereocenters. The Labute approximate surface area is 133 Å². The van der Waals surface area contributed by atoms with E-state index in [0.29, 0.717) is 5.41 Å². The Bertz CT molecular complexity index is 267. The summed E-state index contributed by atoms with van der Waals surface area (Å²) in [5, 5.41) is 3.71. The molecule has 3 heteroatoms. The van der Waals surface area contributed by atoms with E-state index in [0.717, 1.165) is 5.92 Å². The largest absolute Gasteiger partial charge is 0.316 e. The lowest BCUT2D eigenvalue weighted by atomic mass is 9.69. The Morgan fingerprint density at radius 3 is 2.57 bits per heavy atom. The fourth-order valence-electron chi connectivity index (χ4n) is 3.97. The lowest BCUT2D eigenvalue weighted by Gasteiger charge is -2.43. The number of rotatable bonds is 10. The van der Waals surface area contributed by atoms with E-state index in [2.05, 4.69) is 50.1 Å². The van der Waals surface area contributed by atoms with Crippen LogP contribution in [-0.4, -0.2) is 63.7 Å². The fourth-order valence-corrected chi connectivity index (χ4v) is 3.97. The molecule has 0 aromatic heterocycles. The zero-order valence-electron chi connectivity index (χ0n) is 15.2. The van der Waals surface area contributed by atoms with Crippen LogP contribution in [0.15, 0.2) is 0 Å². The summed E-state index contributed by atoms with van der Waals surface area (Å²) in [5.74, 6) is 0.900. The van der Waals surface area contributed by atoms with Crippen molar-refractivity contribution in [3.05, 3.63) is 0 Å². The predicted octanol–water partition coefficient (Wildman–Crippen LogP) is 3.07. The van der Waals surface area contributed by atoms with Gasteiger partial charge in [0.2, 0.25) is 0 Å². The molecule has 126 valence electrons. The van der Waals surface area contributed by atoms with Gasteiger partial charge in [0.15, 0.2) is 0 Å². The quantitative estimate of drug-likeness (QED) is 0.625. The minimum Gasteiger partial charge on any atom is -0.316 e. The van der Waals surface area contributed by atoms with E-state index in [1.165, 1.54) is 71.2 Å². The van der Waals surface area contributed by atoms with Crippen LogP contribution in [0, 0.1) is 11.3 Å². The highest BCUT2D eigenvalue weighted by atomic mass is 15.1. The van der Waals surface area contributed by atoms with Crippen molar-refractivity contribution in [1.82, 2.24) is 15.1 Å². The van der Waals surface area contributed by atoms with Crippen LogP contribution in [-0.2, 0) is 0 Å². The second kappa shape index (κ2) is 9.81. The minimum absolute atomic E-state index is 0.514. The Morgan fingerprint density at radius 2 is 1.95 bits per heavy atom. The number of nitrogens with zero attached hydrogens (tertiary/aromatic N) is 2. The molecule has 0 radical (unpaired) electrons. The first-order chi connectivity index (χ1) is 9.97. The SMILES string of the molecule is CCCNCC1(CN(C)CCCN(C)C)CCCC(C)C1. The van der Waals surface area contributed by atoms with E-state index in [-0.39, 0.29) is 0 Å². The second-order valence-electron chi connectivity index (χ2n) is 7.77. The Morgan fingerprint density at radius 1 is 1.19 bits per heavy atom. The summed E-state index contributed by atoms with van der Waals surface area (Å²) in [6, 6.07) is 0. The van der Waals surface area contributed by atoms with Crippen LogP contribution in [0.25, 0.3) is 0 Å². The van der Waals surface area contributed by atoms with Crippen molar-refractivity contribution < 1.29 is 0 Å². The molecule has 1 rings (SSSR count). The van der Waals surface area contributed by atoms with E-state index in [1.54, 1.807) is 0 Å². The topological polar surface area (TPSA) is 18.5 Å². The van der Waals surface area contributed by atoms with Crippen molar-refractivity contribution in [3.8, 4) is 0 Å². The molecule has 1 aliphatic carbocycles. The Kier molecular flexibility index (Phi) is 8.84. The van der Waals surface area contributed by atoms with Gasteiger partial charge in [0, 0.05) is 13.1 Å². The third-order valence-electron chi connectivity index (χ3n) is 4.86. The smallest absolute Gasteiger partial charge is 0.00472 e. The highest BCUT2D eigenvalue weighted by Gasteiger charge is 2.35. The molecule has 0 amide bonds. The molecule has 1 fully saturated rings. The van der Waals surface area contributed by atoms with Gasteiger partial charge in [0.25, 0.3) is 0 Å². The van der Waals surface area contributed by atoms with Crippen molar-refractivity contribution in [2.45, 2.75) is 52.4 Å². The Balaban J connectivity index is 2.47. The second-order valence-corrected chi connectivity index (χ2v) is 7.77. The zero-order chi connectivity index (χ0) is 15.7. The lowest BCUT2D eigenvalue weighted by Crippen LogP contribution is -2.46. The van der Waals surface area contributed by atoms with Crippen LogP contribution in [0.4, 0.5) is 0 Å². The van der Waals surface area contributed by atoms with Gasteiger partial charge in [-0.3, -0.25) is 0 Å². The maximum atomic E-state index is 3.71. The molecule has 1 N–H and O–H groups in total. The molecule has 0 bridgehead atoms. The summed E-state index contributed by atoms with van der Waals surface area (Å²) >= 11 is 0. The van der Waals surface area contributed by atoms with Crippen LogP contribution in [0.5, 0.6) is 0 Å². The van der Waals surface area contributed by atoms with Gasteiger partial charge >= 0.3 is 0 Å². The third-order valence-corrected chi connectivity index (χ3v) is 4.86. The minimum atomic E-state index is 0.514. The third kappa shape index (κ3) is 7.62. The first-order valence-corrected chi connectivity index (χ1v) is 9.01. The van der Waals surface area contributed by atoms with Crippen LogP contribution in [0.1, 0.15) is 52.4 Å². The molecule has 2 atom stereocenters. The number of nitrogens with one attached hydrogen (secondary N) is 1. The molecule has 0 spiro atoms. The van der Waals surface area contributed by atoms with E-state index < -0.39 is 0 Å². The molecule has 0 heterocycles. The van der Waals surface area contributed by atoms with Gasteiger partial charge < -0.3 is 15.1 Å². The molecule has 0 aromatic carbocycles. The van der Waals surface area contributed by atoms with Crippen LogP contribution in [0.2, 0.25) is 0 Å². The average molecular weight is 298 g/mol. The summed E-state index contributed by atoms with van der Waals surface area (Å²) < 4.78 is 0. The van der Waals surface area contributed by atoms with Gasteiger partial charge in [-0.2, -0.15) is 0 Å². The van der Waals surface area contributed by atoms with Crippen LogP contribution in [0.3, 0.4) is 0 Å². The first-order valence-electron chi connectivity index (χ1n) is 9.01. The number of hydrogen-bond acceptors (Lipinski definition) is 3.